The first-order valence-corrected chi connectivity index (χ1v) is 11.1. The van der Waals surface area contributed by atoms with E-state index in [2.05, 4.69) is 39.4 Å². The van der Waals surface area contributed by atoms with E-state index in [-0.39, 0.29) is 12.0 Å². The van der Waals surface area contributed by atoms with Crippen LogP contribution < -0.4 is 5.32 Å². The summed E-state index contributed by atoms with van der Waals surface area (Å²) >= 11 is 0. The van der Waals surface area contributed by atoms with E-state index in [9.17, 15) is 4.79 Å². The number of hydrogen-bond acceptors (Lipinski definition) is 4. The summed E-state index contributed by atoms with van der Waals surface area (Å²) < 4.78 is 5.79. The van der Waals surface area contributed by atoms with E-state index in [4.69, 9.17) is 4.74 Å². The number of nitrogens with one attached hydrogen (secondary N) is 1. The molecule has 3 aliphatic rings. The molecule has 5 heteroatoms. The summed E-state index contributed by atoms with van der Waals surface area (Å²) in [5.74, 6) is 0.828. The lowest BCUT2D eigenvalue weighted by Gasteiger charge is -2.38. The monoisotopic (exact) mass is 385 g/mol. The molecule has 0 saturated carbocycles. The standard InChI is InChI=1S/C23H35N3O2/c1-24-15-23(27)26(17-22-7-4-12-28-22)16-18-8-10-25(11-9-18)21-13-19-5-2-3-6-20(19)14-21/h2-3,5-6,18,21-22,24H,4,7-17H2,1H3/t22-/m1/s1. The van der Waals surface area contributed by atoms with E-state index < -0.39 is 0 Å². The molecule has 28 heavy (non-hydrogen) atoms. The molecule has 0 aromatic heterocycles. The van der Waals surface area contributed by atoms with Crippen LogP contribution in [0.25, 0.3) is 0 Å². The first kappa shape index (κ1) is 19.9. The Hall–Kier alpha value is -1.43. The summed E-state index contributed by atoms with van der Waals surface area (Å²) in [6.45, 7) is 5.25. The van der Waals surface area contributed by atoms with Crippen LogP contribution in [0.1, 0.15) is 36.8 Å². The summed E-state index contributed by atoms with van der Waals surface area (Å²) in [6, 6.07) is 9.58. The highest BCUT2D eigenvalue weighted by Gasteiger charge is 2.31. The molecule has 1 aliphatic carbocycles. The van der Waals surface area contributed by atoms with E-state index in [0.29, 0.717) is 18.5 Å². The SMILES string of the molecule is CNCC(=O)N(CC1CCN(C2Cc3ccccc3C2)CC1)C[C@H]1CCCO1. The highest BCUT2D eigenvalue weighted by atomic mass is 16.5. The maximum absolute atomic E-state index is 12.6. The van der Waals surface area contributed by atoms with Crippen molar-refractivity contribution in [2.45, 2.75) is 50.7 Å². The third kappa shape index (κ3) is 4.76. The van der Waals surface area contributed by atoms with Crippen LogP contribution in [0.2, 0.25) is 0 Å². The molecule has 0 radical (unpaired) electrons. The minimum absolute atomic E-state index is 0.215. The smallest absolute Gasteiger partial charge is 0.236 e. The zero-order valence-electron chi connectivity index (χ0n) is 17.2. The number of likely N-dealkylation sites (N-methyl/N-ethyl adjacent to an activating group) is 1. The lowest BCUT2D eigenvalue weighted by atomic mass is 9.94. The quantitative estimate of drug-likeness (QED) is 0.781. The topological polar surface area (TPSA) is 44.8 Å². The average Bonchev–Trinajstić information content (AvgIpc) is 3.37. The van der Waals surface area contributed by atoms with E-state index in [1.54, 1.807) is 0 Å². The number of likely N-dealkylation sites (tertiary alicyclic amines) is 1. The fourth-order valence-electron chi connectivity index (χ4n) is 5.18. The number of carbonyl (C=O) groups is 1. The second kappa shape index (κ2) is 9.38. The number of nitrogens with zero attached hydrogens (tertiary/aromatic N) is 2. The van der Waals surface area contributed by atoms with Crippen LogP contribution in [0.5, 0.6) is 0 Å². The predicted molar refractivity (Wildman–Crippen MR) is 111 cm³/mol. The minimum Gasteiger partial charge on any atom is -0.376 e. The third-order valence-corrected chi connectivity index (χ3v) is 6.80. The second-order valence-corrected chi connectivity index (χ2v) is 8.77. The molecule has 0 spiro atoms. The van der Waals surface area contributed by atoms with Crippen molar-refractivity contribution in [2.24, 2.45) is 5.92 Å². The maximum atomic E-state index is 12.6. The predicted octanol–water partition coefficient (Wildman–Crippen LogP) is 2.09. The third-order valence-electron chi connectivity index (χ3n) is 6.80. The molecule has 2 heterocycles. The van der Waals surface area contributed by atoms with Crippen LogP contribution in [0.15, 0.2) is 24.3 Å². The summed E-state index contributed by atoms with van der Waals surface area (Å²) in [5, 5.41) is 3.02. The molecular formula is C23H35N3O2. The van der Waals surface area contributed by atoms with Crippen molar-refractivity contribution in [2.75, 3.05) is 46.4 Å². The minimum atomic E-state index is 0.215. The van der Waals surface area contributed by atoms with Crippen molar-refractivity contribution >= 4 is 5.91 Å². The number of rotatable bonds is 7. The molecule has 2 saturated heterocycles. The molecule has 1 aromatic rings. The maximum Gasteiger partial charge on any atom is 0.236 e. The molecule has 1 atom stereocenters. The van der Waals surface area contributed by atoms with Gasteiger partial charge in [0.1, 0.15) is 0 Å². The zero-order chi connectivity index (χ0) is 19.3. The Bertz CT molecular complexity index is 626. The Morgan fingerprint density at radius 2 is 1.86 bits per heavy atom. The number of amides is 1. The first-order valence-electron chi connectivity index (χ1n) is 11.1. The number of fused-ring (bicyclic) bond motifs is 1. The normalized spacial score (nSPS) is 23.8. The van der Waals surface area contributed by atoms with Gasteiger partial charge in [-0.25, -0.2) is 0 Å². The average molecular weight is 386 g/mol. The molecule has 2 aliphatic heterocycles. The number of ether oxygens (including phenoxy) is 1. The van der Waals surface area contributed by atoms with Gasteiger partial charge < -0.3 is 15.0 Å². The molecule has 1 amide bonds. The van der Waals surface area contributed by atoms with E-state index in [1.165, 1.54) is 36.8 Å². The molecule has 154 valence electrons. The van der Waals surface area contributed by atoms with Gasteiger partial charge in [0.2, 0.25) is 5.91 Å². The van der Waals surface area contributed by atoms with Gasteiger partial charge in [0, 0.05) is 25.7 Å². The lowest BCUT2D eigenvalue weighted by Crippen LogP contribution is -2.47. The van der Waals surface area contributed by atoms with Crippen LogP contribution in [-0.4, -0.2) is 74.2 Å². The van der Waals surface area contributed by atoms with Crippen molar-refractivity contribution < 1.29 is 9.53 Å². The van der Waals surface area contributed by atoms with Crippen molar-refractivity contribution in [1.82, 2.24) is 15.1 Å². The Morgan fingerprint density at radius 1 is 1.14 bits per heavy atom. The molecule has 4 rings (SSSR count). The summed E-state index contributed by atoms with van der Waals surface area (Å²) in [5.41, 5.74) is 3.07. The van der Waals surface area contributed by atoms with Crippen LogP contribution in [0.4, 0.5) is 0 Å². The van der Waals surface area contributed by atoms with Crippen molar-refractivity contribution in [3.63, 3.8) is 0 Å². The highest BCUT2D eigenvalue weighted by molar-refractivity contribution is 5.78. The van der Waals surface area contributed by atoms with Gasteiger partial charge in [0.25, 0.3) is 0 Å². The zero-order valence-corrected chi connectivity index (χ0v) is 17.2. The highest BCUT2D eigenvalue weighted by Crippen LogP contribution is 2.29. The Morgan fingerprint density at radius 3 is 2.46 bits per heavy atom. The molecule has 0 unspecified atom stereocenters. The second-order valence-electron chi connectivity index (χ2n) is 8.77. The molecule has 0 bridgehead atoms. The van der Waals surface area contributed by atoms with E-state index in [0.717, 1.165) is 45.6 Å². The van der Waals surface area contributed by atoms with Gasteiger partial charge in [0.05, 0.1) is 12.6 Å². The molecule has 1 N–H and O–H groups in total. The Balaban J connectivity index is 1.28. The van der Waals surface area contributed by atoms with Gasteiger partial charge in [-0.05, 0) is 75.7 Å². The summed E-state index contributed by atoms with van der Waals surface area (Å²) in [6.07, 6.45) is 7.24. The molecular weight excluding hydrogens is 350 g/mol. The van der Waals surface area contributed by atoms with Gasteiger partial charge in [-0.15, -0.1) is 0 Å². The van der Waals surface area contributed by atoms with Gasteiger partial charge in [0.15, 0.2) is 0 Å². The Labute approximate surface area is 169 Å². The lowest BCUT2D eigenvalue weighted by molar-refractivity contribution is -0.132. The molecule has 1 aromatic carbocycles. The van der Waals surface area contributed by atoms with Crippen LogP contribution in [0.3, 0.4) is 0 Å². The van der Waals surface area contributed by atoms with Crippen LogP contribution in [0, 0.1) is 5.92 Å². The van der Waals surface area contributed by atoms with Crippen molar-refractivity contribution in [3.05, 3.63) is 35.4 Å². The van der Waals surface area contributed by atoms with E-state index in [1.807, 2.05) is 7.05 Å². The van der Waals surface area contributed by atoms with E-state index >= 15 is 0 Å². The summed E-state index contributed by atoms with van der Waals surface area (Å²) in [4.78, 5) is 17.4. The van der Waals surface area contributed by atoms with Crippen LogP contribution in [-0.2, 0) is 22.4 Å². The van der Waals surface area contributed by atoms with Crippen molar-refractivity contribution in [1.29, 1.82) is 0 Å². The van der Waals surface area contributed by atoms with Crippen molar-refractivity contribution in [3.8, 4) is 0 Å². The van der Waals surface area contributed by atoms with Crippen LogP contribution >= 0.6 is 0 Å². The summed E-state index contributed by atoms with van der Waals surface area (Å²) in [7, 11) is 1.85. The Kier molecular flexibility index (Phi) is 6.65. The number of hydrogen-bond donors (Lipinski definition) is 1. The van der Waals surface area contributed by atoms with Gasteiger partial charge in [-0.1, -0.05) is 24.3 Å². The fourth-order valence-corrected chi connectivity index (χ4v) is 5.18. The number of piperidine rings is 1. The largest absolute Gasteiger partial charge is 0.376 e. The van der Waals surface area contributed by atoms with Gasteiger partial charge in [-0.3, -0.25) is 9.69 Å². The van der Waals surface area contributed by atoms with Gasteiger partial charge >= 0.3 is 0 Å². The van der Waals surface area contributed by atoms with Gasteiger partial charge in [-0.2, -0.15) is 0 Å². The molecule has 5 nitrogen and oxygen atoms in total. The molecule has 2 fully saturated rings. The number of benzene rings is 1. The first-order chi connectivity index (χ1) is 13.7. The number of carbonyl (C=O) groups excluding carboxylic acids is 1. The fraction of sp³-hybridized carbons (Fsp3) is 0.696.